The fourth-order valence-corrected chi connectivity index (χ4v) is 3.46. The standard InChI is InChI=1S/C13H27BrN2/c1-11(2)12(8-14)9-16-7-5-6-13(16)10-15(3)4/h11-13H,5-10H2,1-4H3. The van der Waals surface area contributed by atoms with E-state index in [1.807, 2.05) is 0 Å². The van der Waals surface area contributed by atoms with Gasteiger partial charge in [-0.2, -0.15) is 0 Å². The van der Waals surface area contributed by atoms with E-state index in [0.717, 1.165) is 23.2 Å². The molecule has 2 atom stereocenters. The molecular weight excluding hydrogens is 264 g/mol. The molecule has 1 saturated heterocycles. The van der Waals surface area contributed by atoms with Crippen LogP contribution in [0.15, 0.2) is 0 Å². The van der Waals surface area contributed by atoms with Crippen LogP contribution in [0.2, 0.25) is 0 Å². The first-order valence-corrected chi connectivity index (χ1v) is 7.61. The lowest BCUT2D eigenvalue weighted by Crippen LogP contribution is -2.41. The summed E-state index contributed by atoms with van der Waals surface area (Å²) in [4.78, 5) is 5.02. The van der Waals surface area contributed by atoms with Gasteiger partial charge in [0.2, 0.25) is 0 Å². The van der Waals surface area contributed by atoms with E-state index < -0.39 is 0 Å². The summed E-state index contributed by atoms with van der Waals surface area (Å²) >= 11 is 3.66. The van der Waals surface area contributed by atoms with Crippen molar-refractivity contribution >= 4 is 15.9 Å². The Balaban J connectivity index is 2.45. The number of hydrogen-bond acceptors (Lipinski definition) is 2. The molecule has 1 aliphatic rings. The Hall–Kier alpha value is 0.400. The maximum Gasteiger partial charge on any atom is 0.0223 e. The van der Waals surface area contributed by atoms with Crippen LogP contribution >= 0.6 is 15.9 Å². The number of hydrogen-bond donors (Lipinski definition) is 0. The van der Waals surface area contributed by atoms with Gasteiger partial charge in [0, 0.05) is 24.5 Å². The third-order valence-electron chi connectivity index (χ3n) is 3.68. The average molecular weight is 291 g/mol. The lowest BCUT2D eigenvalue weighted by molar-refractivity contribution is 0.172. The molecule has 0 aromatic heterocycles. The zero-order valence-corrected chi connectivity index (χ0v) is 12.8. The van der Waals surface area contributed by atoms with Crippen molar-refractivity contribution in [3.63, 3.8) is 0 Å². The third-order valence-corrected chi connectivity index (χ3v) is 4.52. The van der Waals surface area contributed by atoms with E-state index in [1.165, 1.54) is 32.5 Å². The first-order chi connectivity index (χ1) is 7.54. The summed E-state index contributed by atoms with van der Waals surface area (Å²) < 4.78 is 0. The second kappa shape index (κ2) is 6.97. The highest BCUT2D eigenvalue weighted by molar-refractivity contribution is 9.09. The summed E-state index contributed by atoms with van der Waals surface area (Å²) in [6.45, 7) is 8.45. The van der Waals surface area contributed by atoms with Crippen molar-refractivity contribution in [2.75, 3.05) is 39.1 Å². The molecule has 0 saturated carbocycles. The lowest BCUT2D eigenvalue weighted by atomic mass is 9.97. The molecule has 1 aliphatic heterocycles. The van der Waals surface area contributed by atoms with Crippen molar-refractivity contribution in [3.8, 4) is 0 Å². The molecule has 0 radical (unpaired) electrons. The molecule has 0 aromatic carbocycles. The number of alkyl halides is 1. The molecule has 16 heavy (non-hydrogen) atoms. The van der Waals surface area contributed by atoms with Crippen LogP contribution in [0.5, 0.6) is 0 Å². The predicted octanol–water partition coefficient (Wildman–Crippen LogP) is 2.68. The number of likely N-dealkylation sites (tertiary alicyclic amines) is 1. The van der Waals surface area contributed by atoms with Gasteiger partial charge in [0.25, 0.3) is 0 Å². The highest BCUT2D eigenvalue weighted by Gasteiger charge is 2.27. The lowest BCUT2D eigenvalue weighted by Gasteiger charge is -2.31. The summed E-state index contributed by atoms with van der Waals surface area (Å²) in [7, 11) is 4.36. The van der Waals surface area contributed by atoms with Gasteiger partial charge in [0.05, 0.1) is 0 Å². The van der Waals surface area contributed by atoms with Crippen LogP contribution in [0, 0.1) is 11.8 Å². The Morgan fingerprint density at radius 2 is 2.06 bits per heavy atom. The quantitative estimate of drug-likeness (QED) is 0.694. The zero-order chi connectivity index (χ0) is 12.1. The Labute approximate surface area is 109 Å². The van der Waals surface area contributed by atoms with Crippen molar-refractivity contribution in [2.45, 2.75) is 32.7 Å². The van der Waals surface area contributed by atoms with E-state index in [4.69, 9.17) is 0 Å². The topological polar surface area (TPSA) is 6.48 Å². The van der Waals surface area contributed by atoms with Crippen molar-refractivity contribution < 1.29 is 0 Å². The summed E-state index contributed by atoms with van der Waals surface area (Å²) in [5.74, 6) is 1.57. The van der Waals surface area contributed by atoms with E-state index in [2.05, 4.69) is 53.7 Å². The van der Waals surface area contributed by atoms with Gasteiger partial charge < -0.3 is 4.90 Å². The first-order valence-electron chi connectivity index (χ1n) is 6.49. The Bertz CT molecular complexity index is 194. The Morgan fingerprint density at radius 1 is 1.38 bits per heavy atom. The van der Waals surface area contributed by atoms with Crippen LogP contribution in [0.3, 0.4) is 0 Å². The minimum absolute atomic E-state index is 0.778. The van der Waals surface area contributed by atoms with Crippen LogP contribution in [0.1, 0.15) is 26.7 Å². The monoisotopic (exact) mass is 290 g/mol. The van der Waals surface area contributed by atoms with Crippen molar-refractivity contribution in [1.29, 1.82) is 0 Å². The Kier molecular flexibility index (Phi) is 6.30. The normalized spacial score (nSPS) is 24.6. The highest BCUT2D eigenvalue weighted by atomic mass is 79.9. The second-order valence-corrected chi connectivity index (χ2v) is 6.36. The smallest absolute Gasteiger partial charge is 0.0223 e. The fraction of sp³-hybridized carbons (Fsp3) is 1.00. The average Bonchev–Trinajstić information content (AvgIpc) is 2.60. The second-order valence-electron chi connectivity index (χ2n) is 5.71. The van der Waals surface area contributed by atoms with E-state index in [9.17, 15) is 0 Å². The van der Waals surface area contributed by atoms with Gasteiger partial charge in [-0.15, -0.1) is 0 Å². The van der Waals surface area contributed by atoms with Gasteiger partial charge in [0.15, 0.2) is 0 Å². The fourth-order valence-electron chi connectivity index (χ4n) is 2.50. The number of likely N-dealkylation sites (N-methyl/N-ethyl adjacent to an activating group) is 1. The largest absolute Gasteiger partial charge is 0.308 e. The number of rotatable bonds is 6. The summed E-state index contributed by atoms with van der Waals surface area (Å²) in [5.41, 5.74) is 0. The molecule has 0 bridgehead atoms. The molecule has 0 aromatic rings. The van der Waals surface area contributed by atoms with Crippen LogP contribution < -0.4 is 0 Å². The molecule has 0 spiro atoms. The van der Waals surface area contributed by atoms with Crippen molar-refractivity contribution in [2.24, 2.45) is 11.8 Å². The van der Waals surface area contributed by atoms with Crippen LogP contribution in [-0.2, 0) is 0 Å². The van der Waals surface area contributed by atoms with E-state index in [-0.39, 0.29) is 0 Å². The van der Waals surface area contributed by atoms with Gasteiger partial charge in [0.1, 0.15) is 0 Å². The van der Waals surface area contributed by atoms with Crippen LogP contribution in [0.4, 0.5) is 0 Å². The van der Waals surface area contributed by atoms with Gasteiger partial charge in [-0.3, -0.25) is 4.90 Å². The maximum absolute atomic E-state index is 3.66. The molecule has 1 heterocycles. The van der Waals surface area contributed by atoms with Gasteiger partial charge in [-0.25, -0.2) is 0 Å². The van der Waals surface area contributed by atoms with Gasteiger partial charge >= 0.3 is 0 Å². The van der Waals surface area contributed by atoms with E-state index in [1.54, 1.807) is 0 Å². The SMILES string of the molecule is CC(C)C(CBr)CN1CCCC1CN(C)C. The summed E-state index contributed by atoms with van der Waals surface area (Å²) in [6, 6.07) is 0.787. The van der Waals surface area contributed by atoms with Crippen LogP contribution in [-0.4, -0.2) is 54.9 Å². The summed E-state index contributed by atoms with van der Waals surface area (Å²) in [5, 5.41) is 1.13. The highest BCUT2D eigenvalue weighted by Crippen LogP contribution is 2.23. The molecule has 1 rings (SSSR count). The van der Waals surface area contributed by atoms with Gasteiger partial charge in [-0.1, -0.05) is 29.8 Å². The Morgan fingerprint density at radius 3 is 2.56 bits per heavy atom. The van der Waals surface area contributed by atoms with Crippen molar-refractivity contribution in [1.82, 2.24) is 9.80 Å². The zero-order valence-electron chi connectivity index (χ0n) is 11.2. The molecular formula is C13H27BrN2. The minimum Gasteiger partial charge on any atom is -0.308 e. The van der Waals surface area contributed by atoms with E-state index >= 15 is 0 Å². The molecule has 1 fully saturated rings. The maximum atomic E-state index is 3.66. The van der Waals surface area contributed by atoms with Crippen LogP contribution in [0.25, 0.3) is 0 Å². The minimum atomic E-state index is 0.778. The number of halogens is 1. The molecule has 0 aliphatic carbocycles. The molecule has 0 N–H and O–H groups in total. The molecule has 2 nitrogen and oxygen atoms in total. The summed E-state index contributed by atoms with van der Waals surface area (Å²) in [6.07, 6.45) is 2.76. The van der Waals surface area contributed by atoms with Gasteiger partial charge in [-0.05, 0) is 45.3 Å². The first kappa shape index (κ1) is 14.5. The molecule has 3 heteroatoms. The van der Waals surface area contributed by atoms with E-state index in [0.29, 0.717) is 0 Å². The molecule has 96 valence electrons. The molecule has 2 unspecified atom stereocenters. The molecule has 0 amide bonds. The number of nitrogens with zero attached hydrogens (tertiary/aromatic N) is 2. The predicted molar refractivity (Wildman–Crippen MR) is 75.3 cm³/mol. The van der Waals surface area contributed by atoms with Crippen molar-refractivity contribution in [3.05, 3.63) is 0 Å². The third kappa shape index (κ3) is 4.34.